The number of aromatic nitrogens is 1. The maximum absolute atomic E-state index is 13.6. The summed E-state index contributed by atoms with van der Waals surface area (Å²) in [6.07, 6.45) is 2.21. The molecule has 1 unspecified atom stereocenters. The molecule has 1 aromatic heterocycles. The lowest BCUT2D eigenvalue weighted by molar-refractivity contribution is -0.143. The van der Waals surface area contributed by atoms with Crippen LogP contribution in [0.5, 0.6) is 0 Å². The highest BCUT2D eigenvalue weighted by Crippen LogP contribution is 2.39. The van der Waals surface area contributed by atoms with Gasteiger partial charge in [-0.2, -0.15) is 9.57 Å². The Morgan fingerprint density at radius 1 is 1.09 bits per heavy atom. The van der Waals surface area contributed by atoms with E-state index in [1.807, 2.05) is 6.07 Å². The first-order valence-electron chi connectivity index (χ1n) is 12.8. The summed E-state index contributed by atoms with van der Waals surface area (Å²) >= 11 is 24.1. The highest BCUT2D eigenvalue weighted by molar-refractivity contribution is 7.89. The van der Waals surface area contributed by atoms with E-state index in [9.17, 15) is 33.2 Å². The van der Waals surface area contributed by atoms with Crippen molar-refractivity contribution >= 4 is 79.9 Å². The number of halogens is 4. The number of pyridine rings is 1. The topological polar surface area (TPSA) is 170 Å². The van der Waals surface area contributed by atoms with Crippen LogP contribution in [0.2, 0.25) is 20.1 Å². The lowest BCUT2D eigenvalue weighted by Gasteiger charge is -2.33. The number of hydrogen-bond acceptors (Lipinski definition) is 7. The minimum atomic E-state index is -4.38. The maximum Gasteiger partial charge on any atom is 0.326 e. The second-order valence-electron chi connectivity index (χ2n) is 10.1. The first kappa shape index (κ1) is 33.5. The number of benzene rings is 2. The molecule has 0 aliphatic carbocycles. The molecule has 230 valence electrons. The van der Waals surface area contributed by atoms with Crippen molar-refractivity contribution in [2.45, 2.75) is 36.2 Å². The van der Waals surface area contributed by atoms with Gasteiger partial charge in [0.25, 0.3) is 5.91 Å². The lowest BCUT2D eigenvalue weighted by atomic mass is 9.93. The number of aliphatic carboxylic acids is 1. The van der Waals surface area contributed by atoms with Crippen LogP contribution < -0.4 is 10.6 Å². The lowest BCUT2D eigenvalue weighted by Crippen LogP contribution is -2.58. The molecule has 1 fully saturated rings. The minimum absolute atomic E-state index is 0.0367. The monoisotopic (exact) mass is 697 g/mol. The summed E-state index contributed by atoms with van der Waals surface area (Å²) in [5.74, 6) is -3.68. The molecular formula is C28H23Cl4N5O6S. The zero-order chi connectivity index (χ0) is 32.4. The van der Waals surface area contributed by atoms with Crippen LogP contribution in [-0.4, -0.2) is 58.7 Å². The summed E-state index contributed by atoms with van der Waals surface area (Å²) in [6, 6.07) is 10.4. The van der Waals surface area contributed by atoms with Gasteiger partial charge in [0.2, 0.25) is 15.9 Å². The van der Waals surface area contributed by atoms with Gasteiger partial charge in [-0.1, -0.05) is 58.5 Å². The predicted molar refractivity (Wildman–Crippen MR) is 164 cm³/mol. The van der Waals surface area contributed by atoms with Crippen molar-refractivity contribution in [3.8, 4) is 6.07 Å². The first-order valence-corrected chi connectivity index (χ1v) is 15.7. The number of nitrogens with zero attached hydrogens (tertiary/aromatic N) is 3. The molecule has 44 heavy (non-hydrogen) atoms. The quantitative estimate of drug-likeness (QED) is 0.279. The van der Waals surface area contributed by atoms with E-state index in [0.717, 1.165) is 4.31 Å². The molecule has 2 heterocycles. The van der Waals surface area contributed by atoms with Crippen molar-refractivity contribution in [2.75, 3.05) is 11.9 Å². The largest absolute Gasteiger partial charge is 0.480 e. The standard InChI is InChI=1S/C28H23Cl4N5O6S/c1-28(10-16(11-33)14-37(28)44(42,43)20-8-17(29)7-18(30)9-20)27(41)36-23(26(39)40)6-15-2-4-19(5-3-15)35-25(38)24-21(31)12-34-13-22(24)32/h2-5,7-9,12-13,16,23H,6,10,14H2,1H3,(H,35,38)(H,36,41)(H,39,40)/t16-,23-,28?/m0/s1. The Balaban J connectivity index is 1.52. The van der Waals surface area contributed by atoms with Gasteiger partial charge in [0.15, 0.2) is 0 Å². The van der Waals surface area contributed by atoms with E-state index >= 15 is 0 Å². The van der Waals surface area contributed by atoms with Gasteiger partial charge in [-0.3, -0.25) is 14.6 Å². The van der Waals surface area contributed by atoms with Gasteiger partial charge < -0.3 is 15.7 Å². The molecule has 0 bridgehead atoms. The number of rotatable bonds is 9. The molecular weight excluding hydrogens is 676 g/mol. The number of nitrogens with one attached hydrogen (secondary N) is 2. The van der Waals surface area contributed by atoms with Gasteiger partial charge in [0.05, 0.1) is 32.5 Å². The average molecular weight is 699 g/mol. The number of hydrogen-bond donors (Lipinski definition) is 3. The second kappa shape index (κ2) is 13.3. The van der Waals surface area contributed by atoms with E-state index in [2.05, 4.69) is 15.6 Å². The summed E-state index contributed by atoms with van der Waals surface area (Å²) in [6.45, 7) is 1.04. The summed E-state index contributed by atoms with van der Waals surface area (Å²) in [5, 5.41) is 24.8. The van der Waals surface area contributed by atoms with Gasteiger partial charge in [-0.25, -0.2) is 13.2 Å². The number of nitriles is 1. The summed E-state index contributed by atoms with van der Waals surface area (Å²) < 4.78 is 28.1. The third-order valence-electron chi connectivity index (χ3n) is 7.01. The van der Waals surface area contributed by atoms with E-state index in [0.29, 0.717) is 11.3 Å². The molecule has 2 amide bonds. The van der Waals surface area contributed by atoms with Gasteiger partial charge in [-0.15, -0.1) is 0 Å². The normalized spacial score (nSPS) is 19.1. The van der Waals surface area contributed by atoms with E-state index in [1.165, 1.54) is 49.6 Å². The third kappa shape index (κ3) is 7.10. The number of sulfonamides is 1. The smallest absolute Gasteiger partial charge is 0.326 e. The zero-order valence-corrected chi connectivity index (χ0v) is 26.6. The molecule has 4 rings (SSSR count). The average Bonchev–Trinajstić information content (AvgIpc) is 3.31. The van der Waals surface area contributed by atoms with E-state index in [1.54, 1.807) is 12.1 Å². The van der Waals surface area contributed by atoms with Crippen LogP contribution >= 0.6 is 46.4 Å². The van der Waals surface area contributed by atoms with E-state index in [4.69, 9.17) is 46.4 Å². The summed E-state index contributed by atoms with van der Waals surface area (Å²) in [7, 11) is -4.38. The fraction of sp³-hybridized carbons (Fsp3) is 0.250. The second-order valence-corrected chi connectivity index (χ2v) is 13.7. The fourth-order valence-electron chi connectivity index (χ4n) is 4.80. The summed E-state index contributed by atoms with van der Waals surface area (Å²) in [4.78, 5) is 41.9. The van der Waals surface area contributed by atoms with Crippen LogP contribution in [0, 0.1) is 17.2 Å². The van der Waals surface area contributed by atoms with E-state index in [-0.39, 0.29) is 49.9 Å². The Morgan fingerprint density at radius 2 is 1.68 bits per heavy atom. The molecule has 1 saturated heterocycles. The minimum Gasteiger partial charge on any atom is -0.480 e. The van der Waals surface area contributed by atoms with Gasteiger partial charge in [0.1, 0.15) is 11.6 Å². The summed E-state index contributed by atoms with van der Waals surface area (Å²) in [5.41, 5.74) is -0.915. The van der Waals surface area contributed by atoms with Crippen LogP contribution in [0.1, 0.15) is 29.3 Å². The highest BCUT2D eigenvalue weighted by Gasteiger charge is 2.54. The van der Waals surface area contributed by atoms with Crippen LogP contribution in [0.25, 0.3) is 0 Å². The van der Waals surface area contributed by atoms with Crippen LogP contribution in [-0.2, 0) is 26.0 Å². The Kier molecular flexibility index (Phi) is 10.1. The molecule has 0 spiro atoms. The number of carboxylic acids is 1. The van der Waals surface area contributed by atoms with Gasteiger partial charge in [0, 0.05) is 41.1 Å². The Morgan fingerprint density at radius 3 is 2.23 bits per heavy atom. The molecule has 0 saturated carbocycles. The molecule has 11 nitrogen and oxygen atoms in total. The number of anilines is 1. The molecule has 1 aliphatic heterocycles. The van der Waals surface area contributed by atoms with Crippen molar-refractivity contribution in [3.63, 3.8) is 0 Å². The van der Waals surface area contributed by atoms with Gasteiger partial charge in [-0.05, 0) is 49.2 Å². The fourth-order valence-corrected chi connectivity index (χ4v) is 7.87. The van der Waals surface area contributed by atoms with Crippen LogP contribution in [0.3, 0.4) is 0 Å². The van der Waals surface area contributed by atoms with Crippen molar-refractivity contribution < 1.29 is 27.9 Å². The number of amides is 2. The Bertz CT molecular complexity index is 1740. The van der Waals surface area contributed by atoms with E-state index < -0.39 is 45.3 Å². The number of carbonyl (C=O) groups excluding carboxylic acids is 2. The third-order valence-corrected chi connectivity index (χ3v) is 9.99. The maximum atomic E-state index is 13.6. The van der Waals surface area contributed by atoms with Crippen LogP contribution in [0.4, 0.5) is 5.69 Å². The SMILES string of the molecule is CC1(C(=O)N[C@@H](Cc2ccc(NC(=O)c3c(Cl)cncc3Cl)cc2)C(=O)O)C[C@@H](C#N)CN1S(=O)(=O)c1cc(Cl)cc(Cl)c1. The highest BCUT2D eigenvalue weighted by atomic mass is 35.5. The molecule has 0 radical (unpaired) electrons. The van der Waals surface area contributed by atoms with Crippen molar-refractivity contribution in [1.29, 1.82) is 5.26 Å². The molecule has 3 aromatic rings. The Labute approximate surface area is 272 Å². The van der Waals surface area contributed by atoms with Crippen LogP contribution in [0.15, 0.2) is 59.8 Å². The molecule has 1 aliphatic rings. The van der Waals surface area contributed by atoms with Crippen molar-refractivity contribution in [2.24, 2.45) is 5.92 Å². The zero-order valence-electron chi connectivity index (χ0n) is 22.7. The Hall–Kier alpha value is -3.44. The number of carbonyl (C=O) groups is 3. The molecule has 3 atom stereocenters. The van der Waals surface area contributed by atoms with Gasteiger partial charge >= 0.3 is 5.97 Å². The predicted octanol–water partition coefficient (Wildman–Crippen LogP) is 5.05. The first-order chi connectivity index (χ1) is 20.6. The van der Waals surface area contributed by atoms with Crippen molar-refractivity contribution in [1.82, 2.24) is 14.6 Å². The van der Waals surface area contributed by atoms with Crippen molar-refractivity contribution in [3.05, 3.63) is 86.1 Å². The molecule has 16 heteroatoms. The molecule has 2 aromatic carbocycles. The molecule has 3 N–H and O–H groups in total. The number of carboxylic acid groups (broad SMARTS) is 1.